The van der Waals surface area contributed by atoms with Crippen LogP contribution in [0.1, 0.15) is 32.1 Å². The number of nitrogens with zero attached hydrogens (tertiary/aromatic N) is 1. The highest BCUT2D eigenvalue weighted by atomic mass is 15.2. The standard InChI is InChI=1S/C10H17N/c1-2-5-10-6-3-8-11(10)9-4-7-10/h2H,1,3-9H2. The molecule has 0 atom stereocenters. The zero-order chi connectivity index (χ0) is 7.73. The van der Waals surface area contributed by atoms with Crippen molar-refractivity contribution >= 4 is 0 Å². The summed E-state index contributed by atoms with van der Waals surface area (Å²) in [7, 11) is 0. The van der Waals surface area contributed by atoms with Crippen molar-refractivity contribution in [2.45, 2.75) is 37.6 Å². The molecule has 2 heterocycles. The molecule has 62 valence electrons. The van der Waals surface area contributed by atoms with Crippen molar-refractivity contribution < 1.29 is 0 Å². The summed E-state index contributed by atoms with van der Waals surface area (Å²) in [5, 5.41) is 0. The minimum absolute atomic E-state index is 0.571. The zero-order valence-electron chi connectivity index (χ0n) is 7.18. The van der Waals surface area contributed by atoms with Gasteiger partial charge in [-0.2, -0.15) is 0 Å². The van der Waals surface area contributed by atoms with E-state index in [1.807, 2.05) is 0 Å². The van der Waals surface area contributed by atoms with E-state index in [1.54, 1.807) is 0 Å². The van der Waals surface area contributed by atoms with E-state index in [4.69, 9.17) is 0 Å². The lowest BCUT2D eigenvalue weighted by Gasteiger charge is -2.30. The summed E-state index contributed by atoms with van der Waals surface area (Å²) in [5.74, 6) is 0. The third-order valence-electron chi connectivity index (χ3n) is 3.34. The second-order valence-corrected chi connectivity index (χ2v) is 3.91. The summed E-state index contributed by atoms with van der Waals surface area (Å²) < 4.78 is 0. The summed E-state index contributed by atoms with van der Waals surface area (Å²) in [4.78, 5) is 2.68. The monoisotopic (exact) mass is 151 g/mol. The molecule has 0 unspecified atom stereocenters. The first-order chi connectivity index (χ1) is 5.37. The molecule has 2 aliphatic heterocycles. The van der Waals surface area contributed by atoms with Gasteiger partial charge in [0.15, 0.2) is 0 Å². The Morgan fingerprint density at radius 2 is 1.91 bits per heavy atom. The van der Waals surface area contributed by atoms with Crippen LogP contribution in [0.5, 0.6) is 0 Å². The maximum absolute atomic E-state index is 3.85. The van der Waals surface area contributed by atoms with Crippen LogP contribution in [0.15, 0.2) is 12.7 Å². The van der Waals surface area contributed by atoms with Crippen molar-refractivity contribution in [3.8, 4) is 0 Å². The first-order valence-corrected chi connectivity index (χ1v) is 4.73. The highest BCUT2D eigenvalue weighted by Crippen LogP contribution is 2.41. The van der Waals surface area contributed by atoms with Crippen LogP contribution in [0.25, 0.3) is 0 Å². The van der Waals surface area contributed by atoms with Crippen molar-refractivity contribution in [3.63, 3.8) is 0 Å². The molecular weight excluding hydrogens is 134 g/mol. The number of rotatable bonds is 2. The van der Waals surface area contributed by atoms with E-state index >= 15 is 0 Å². The smallest absolute Gasteiger partial charge is 0.0244 e. The molecule has 0 saturated carbocycles. The molecular formula is C10H17N. The highest BCUT2D eigenvalue weighted by molar-refractivity contribution is 5.03. The van der Waals surface area contributed by atoms with Gasteiger partial charge >= 0.3 is 0 Å². The molecule has 0 aliphatic carbocycles. The number of hydrogen-bond acceptors (Lipinski definition) is 1. The van der Waals surface area contributed by atoms with Crippen LogP contribution in [-0.4, -0.2) is 23.5 Å². The lowest BCUT2D eigenvalue weighted by Crippen LogP contribution is -2.37. The molecule has 0 bridgehead atoms. The van der Waals surface area contributed by atoms with Gasteiger partial charge in [0.1, 0.15) is 0 Å². The normalized spacial score (nSPS) is 28.7. The van der Waals surface area contributed by atoms with Gasteiger partial charge in [-0.1, -0.05) is 6.08 Å². The van der Waals surface area contributed by atoms with Crippen LogP contribution in [0.3, 0.4) is 0 Å². The van der Waals surface area contributed by atoms with E-state index in [1.165, 1.54) is 45.2 Å². The van der Waals surface area contributed by atoms with Crippen molar-refractivity contribution in [1.29, 1.82) is 0 Å². The minimum atomic E-state index is 0.571. The van der Waals surface area contributed by atoms with Gasteiger partial charge in [0, 0.05) is 5.54 Å². The SMILES string of the molecule is C=CCC12CCCN1CCC2. The minimum Gasteiger partial charge on any atom is -0.297 e. The van der Waals surface area contributed by atoms with Gasteiger partial charge in [0.05, 0.1) is 0 Å². The van der Waals surface area contributed by atoms with Crippen LogP contribution >= 0.6 is 0 Å². The fourth-order valence-electron chi connectivity index (χ4n) is 2.83. The average molecular weight is 151 g/mol. The second-order valence-electron chi connectivity index (χ2n) is 3.91. The fraction of sp³-hybridized carbons (Fsp3) is 0.800. The maximum atomic E-state index is 3.85. The molecule has 0 amide bonds. The summed E-state index contributed by atoms with van der Waals surface area (Å²) in [6.07, 6.45) is 8.97. The van der Waals surface area contributed by atoms with Gasteiger partial charge in [0.25, 0.3) is 0 Å². The largest absolute Gasteiger partial charge is 0.297 e. The Labute approximate surface area is 69.1 Å². The lowest BCUT2D eigenvalue weighted by molar-refractivity contribution is 0.198. The van der Waals surface area contributed by atoms with E-state index in [9.17, 15) is 0 Å². The van der Waals surface area contributed by atoms with Crippen molar-refractivity contribution in [2.24, 2.45) is 0 Å². The Morgan fingerprint density at radius 3 is 2.45 bits per heavy atom. The highest BCUT2D eigenvalue weighted by Gasteiger charge is 2.42. The Morgan fingerprint density at radius 1 is 1.27 bits per heavy atom. The molecule has 2 aliphatic rings. The topological polar surface area (TPSA) is 3.24 Å². The Kier molecular flexibility index (Phi) is 1.76. The summed E-state index contributed by atoms with van der Waals surface area (Å²) in [6, 6.07) is 0. The lowest BCUT2D eigenvalue weighted by atomic mass is 9.90. The summed E-state index contributed by atoms with van der Waals surface area (Å²) in [6.45, 7) is 6.53. The Balaban J connectivity index is 2.13. The first-order valence-electron chi connectivity index (χ1n) is 4.73. The summed E-state index contributed by atoms with van der Waals surface area (Å²) in [5.41, 5.74) is 0.571. The molecule has 0 N–H and O–H groups in total. The molecule has 1 nitrogen and oxygen atoms in total. The molecule has 2 saturated heterocycles. The van der Waals surface area contributed by atoms with Gasteiger partial charge in [-0.15, -0.1) is 6.58 Å². The molecule has 0 spiro atoms. The average Bonchev–Trinajstić information content (AvgIpc) is 2.45. The molecule has 0 aromatic rings. The van der Waals surface area contributed by atoms with Crippen LogP contribution in [0.4, 0.5) is 0 Å². The van der Waals surface area contributed by atoms with Gasteiger partial charge in [-0.3, -0.25) is 4.90 Å². The van der Waals surface area contributed by atoms with E-state index in [2.05, 4.69) is 17.6 Å². The van der Waals surface area contributed by atoms with Gasteiger partial charge in [-0.25, -0.2) is 0 Å². The van der Waals surface area contributed by atoms with E-state index < -0.39 is 0 Å². The van der Waals surface area contributed by atoms with Crippen molar-refractivity contribution in [1.82, 2.24) is 4.90 Å². The third kappa shape index (κ3) is 1.02. The second kappa shape index (κ2) is 2.63. The molecule has 2 fully saturated rings. The van der Waals surface area contributed by atoms with Crippen LogP contribution in [0, 0.1) is 0 Å². The van der Waals surface area contributed by atoms with Crippen molar-refractivity contribution in [3.05, 3.63) is 12.7 Å². The predicted octanol–water partition coefficient (Wildman–Crippen LogP) is 2.19. The van der Waals surface area contributed by atoms with E-state index in [0.717, 1.165) is 0 Å². The fourth-order valence-corrected chi connectivity index (χ4v) is 2.83. The summed E-state index contributed by atoms with van der Waals surface area (Å²) >= 11 is 0. The molecule has 0 radical (unpaired) electrons. The predicted molar refractivity (Wildman–Crippen MR) is 47.6 cm³/mol. The van der Waals surface area contributed by atoms with Gasteiger partial charge in [0.2, 0.25) is 0 Å². The molecule has 2 rings (SSSR count). The Bertz CT molecular complexity index is 152. The molecule has 1 heteroatoms. The molecule has 0 aromatic heterocycles. The van der Waals surface area contributed by atoms with Crippen LogP contribution in [0.2, 0.25) is 0 Å². The number of fused-ring (bicyclic) bond motifs is 1. The number of hydrogen-bond donors (Lipinski definition) is 0. The van der Waals surface area contributed by atoms with Crippen molar-refractivity contribution in [2.75, 3.05) is 13.1 Å². The molecule has 0 aromatic carbocycles. The quantitative estimate of drug-likeness (QED) is 0.547. The van der Waals surface area contributed by atoms with Gasteiger partial charge < -0.3 is 0 Å². The van der Waals surface area contributed by atoms with Crippen LogP contribution < -0.4 is 0 Å². The first kappa shape index (κ1) is 7.35. The van der Waals surface area contributed by atoms with Crippen LogP contribution in [-0.2, 0) is 0 Å². The van der Waals surface area contributed by atoms with E-state index in [0.29, 0.717) is 5.54 Å². The van der Waals surface area contributed by atoms with Gasteiger partial charge in [-0.05, 0) is 45.2 Å². The Hall–Kier alpha value is -0.300. The maximum Gasteiger partial charge on any atom is 0.0244 e. The third-order valence-corrected chi connectivity index (χ3v) is 3.34. The zero-order valence-corrected chi connectivity index (χ0v) is 7.18. The van der Waals surface area contributed by atoms with E-state index in [-0.39, 0.29) is 0 Å². The molecule has 11 heavy (non-hydrogen) atoms.